The van der Waals surface area contributed by atoms with E-state index in [9.17, 15) is 0 Å². The Morgan fingerprint density at radius 1 is 0.812 bits per heavy atom. The van der Waals surface area contributed by atoms with Crippen LogP contribution in [0.4, 0.5) is 0 Å². The molecule has 96 valence electrons. The van der Waals surface area contributed by atoms with Crippen LogP contribution in [0.5, 0.6) is 0 Å². The quantitative estimate of drug-likeness (QED) is 0.645. The van der Waals surface area contributed by atoms with Crippen molar-refractivity contribution in [2.45, 2.75) is 27.7 Å². The molecule has 0 aliphatic heterocycles. The molecule has 16 heavy (non-hydrogen) atoms. The zero-order valence-corrected chi connectivity index (χ0v) is 11.2. The fraction of sp³-hybridized carbons (Fsp3) is 0.538. The Balaban J connectivity index is -0.000000160. The van der Waals surface area contributed by atoms with Crippen molar-refractivity contribution < 1.29 is 0 Å². The Labute approximate surface area is 101 Å². The maximum atomic E-state index is 5.15. The lowest BCUT2D eigenvalue weighted by Gasteiger charge is -1.80. The van der Waals surface area contributed by atoms with Crippen molar-refractivity contribution in [1.82, 2.24) is 0 Å². The standard InChI is InChI=1S/C5H11N.2C4H9N/c1-5(2)3-4-6;2*1-2-3-4-5/h3H,4,6H2,1-2H3;2*2-3H,4-5H2,1H3/b;3-2+;3-2-. The lowest BCUT2D eigenvalue weighted by atomic mass is 10.3. The van der Waals surface area contributed by atoms with Gasteiger partial charge in [0.1, 0.15) is 0 Å². The largest absolute Gasteiger partial charge is 0.327 e. The lowest BCUT2D eigenvalue weighted by molar-refractivity contribution is 1.21. The number of rotatable bonds is 3. The highest BCUT2D eigenvalue weighted by Gasteiger charge is 1.67. The normalized spacial score (nSPS) is 9.19. The van der Waals surface area contributed by atoms with E-state index in [1.165, 1.54) is 5.57 Å². The van der Waals surface area contributed by atoms with Crippen LogP contribution in [0.1, 0.15) is 27.7 Å². The van der Waals surface area contributed by atoms with Gasteiger partial charge in [-0.1, -0.05) is 36.0 Å². The summed E-state index contributed by atoms with van der Waals surface area (Å²) in [6, 6.07) is 0. The number of nitrogens with two attached hydrogens (primary N) is 3. The summed E-state index contributed by atoms with van der Waals surface area (Å²) in [5.74, 6) is 0. The summed E-state index contributed by atoms with van der Waals surface area (Å²) in [6.07, 6.45) is 9.65. The molecule has 0 spiro atoms. The van der Waals surface area contributed by atoms with Crippen LogP contribution in [0.25, 0.3) is 0 Å². The molecule has 3 heteroatoms. The van der Waals surface area contributed by atoms with E-state index < -0.39 is 0 Å². The van der Waals surface area contributed by atoms with Crippen molar-refractivity contribution in [1.29, 1.82) is 0 Å². The van der Waals surface area contributed by atoms with Crippen molar-refractivity contribution in [2.24, 2.45) is 17.2 Å². The predicted molar refractivity (Wildman–Crippen MR) is 76.2 cm³/mol. The van der Waals surface area contributed by atoms with Gasteiger partial charge in [-0.2, -0.15) is 0 Å². The van der Waals surface area contributed by atoms with E-state index in [2.05, 4.69) is 0 Å². The average molecular weight is 227 g/mol. The molecule has 0 fully saturated rings. The SMILES string of the molecule is C/C=C/CN.C/C=C\CN.CC(C)=CCN. The predicted octanol–water partition coefficient (Wildman–Crippen LogP) is 1.95. The van der Waals surface area contributed by atoms with Gasteiger partial charge in [-0.15, -0.1) is 0 Å². The van der Waals surface area contributed by atoms with Crippen molar-refractivity contribution in [3.8, 4) is 0 Å². The van der Waals surface area contributed by atoms with Gasteiger partial charge in [0.25, 0.3) is 0 Å². The number of allylic oxidation sites excluding steroid dienone is 3. The third-order valence-corrected chi connectivity index (χ3v) is 1.27. The summed E-state index contributed by atoms with van der Waals surface area (Å²) < 4.78 is 0. The van der Waals surface area contributed by atoms with Crippen molar-refractivity contribution in [3.63, 3.8) is 0 Å². The Morgan fingerprint density at radius 2 is 1.19 bits per heavy atom. The molecule has 3 nitrogen and oxygen atoms in total. The first kappa shape index (κ1) is 20.5. The first-order valence-corrected chi connectivity index (χ1v) is 5.56. The molecule has 0 amide bonds. The van der Waals surface area contributed by atoms with Gasteiger partial charge in [0, 0.05) is 19.6 Å². The third-order valence-electron chi connectivity index (χ3n) is 1.27. The third kappa shape index (κ3) is 51.5. The molecule has 0 heterocycles. The molecule has 0 unspecified atom stereocenters. The molecular formula is C13H29N3. The first-order chi connectivity index (χ1) is 7.60. The molecule has 0 rings (SSSR count). The minimum absolute atomic E-state index is 0.663. The maximum Gasteiger partial charge on any atom is 0.0109 e. The summed E-state index contributed by atoms with van der Waals surface area (Å²) in [5.41, 5.74) is 16.5. The smallest absolute Gasteiger partial charge is 0.0109 e. The Morgan fingerprint density at radius 3 is 1.19 bits per heavy atom. The van der Waals surface area contributed by atoms with Crippen molar-refractivity contribution in [3.05, 3.63) is 36.0 Å². The summed E-state index contributed by atoms with van der Waals surface area (Å²) >= 11 is 0. The minimum Gasteiger partial charge on any atom is -0.327 e. The van der Waals surface area contributed by atoms with Crippen LogP contribution >= 0.6 is 0 Å². The second-order valence-corrected chi connectivity index (χ2v) is 3.13. The van der Waals surface area contributed by atoms with Gasteiger partial charge in [-0.05, 0) is 27.7 Å². The van der Waals surface area contributed by atoms with Crippen LogP contribution in [-0.2, 0) is 0 Å². The van der Waals surface area contributed by atoms with E-state index in [-0.39, 0.29) is 0 Å². The monoisotopic (exact) mass is 227 g/mol. The van der Waals surface area contributed by atoms with Crippen LogP contribution in [0.2, 0.25) is 0 Å². The van der Waals surface area contributed by atoms with E-state index >= 15 is 0 Å². The van der Waals surface area contributed by atoms with E-state index in [4.69, 9.17) is 17.2 Å². The van der Waals surface area contributed by atoms with E-state index in [1.807, 2.05) is 58.1 Å². The Bertz CT molecular complexity index is 166. The van der Waals surface area contributed by atoms with Crippen LogP contribution in [0, 0.1) is 0 Å². The Hall–Kier alpha value is -0.900. The van der Waals surface area contributed by atoms with Crippen LogP contribution < -0.4 is 17.2 Å². The fourth-order valence-corrected chi connectivity index (χ4v) is 0.508. The second-order valence-electron chi connectivity index (χ2n) is 3.13. The van der Waals surface area contributed by atoms with Crippen molar-refractivity contribution >= 4 is 0 Å². The lowest BCUT2D eigenvalue weighted by Crippen LogP contribution is -1.92. The summed E-state index contributed by atoms with van der Waals surface area (Å²) in [7, 11) is 0. The second kappa shape index (κ2) is 23.7. The molecular weight excluding hydrogens is 198 g/mol. The fourth-order valence-electron chi connectivity index (χ4n) is 0.508. The molecule has 0 aromatic heterocycles. The topological polar surface area (TPSA) is 78.1 Å². The molecule has 0 aromatic carbocycles. The highest BCUT2D eigenvalue weighted by Crippen LogP contribution is 1.82. The first-order valence-electron chi connectivity index (χ1n) is 5.56. The molecule has 6 N–H and O–H groups in total. The van der Waals surface area contributed by atoms with Gasteiger partial charge in [0.05, 0.1) is 0 Å². The Kier molecular flexibility index (Phi) is 30.4. The molecule has 0 saturated heterocycles. The van der Waals surface area contributed by atoms with Gasteiger partial charge in [-0.3, -0.25) is 0 Å². The summed E-state index contributed by atoms with van der Waals surface area (Å²) in [6.45, 7) is 9.97. The molecule has 0 bridgehead atoms. The zero-order chi connectivity index (χ0) is 13.2. The van der Waals surface area contributed by atoms with E-state index in [0.29, 0.717) is 19.6 Å². The van der Waals surface area contributed by atoms with Gasteiger partial charge < -0.3 is 17.2 Å². The van der Waals surface area contributed by atoms with Crippen molar-refractivity contribution in [2.75, 3.05) is 19.6 Å². The van der Waals surface area contributed by atoms with E-state index in [1.54, 1.807) is 0 Å². The molecule has 0 aromatic rings. The summed E-state index contributed by atoms with van der Waals surface area (Å²) in [5, 5.41) is 0. The zero-order valence-electron chi connectivity index (χ0n) is 11.2. The minimum atomic E-state index is 0.663. The molecule has 0 radical (unpaired) electrons. The van der Waals surface area contributed by atoms with Gasteiger partial charge in [0.15, 0.2) is 0 Å². The maximum absolute atomic E-state index is 5.15. The van der Waals surface area contributed by atoms with Gasteiger partial charge in [-0.25, -0.2) is 0 Å². The molecule has 0 aliphatic rings. The van der Waals surface area contributed by atoms with Gasteiger partial charge in [0.2, 0.25) is 0 Å². The molecule has 0 atom stereocenters. The summed E-state index contributed by atoms with van der Waals surface area (Å²) in [4.78, 5) is 0. The van der Waals surface area contributed by atoms with Gasteiger partial charge >= 0.3 is 0 Å². The van der Waals surface area contributed by atoms with Crippen LogP contribution in [0.15, 0.2) is 36.0 Å². The highest BCUT2D eigenvalue weighted by molar-refractivity contribution is 4.93. The van der Waals surface area contributed by atoms with Crippen LogP contribution in [-0.4, -0.2) is 19.6 Å². The van der Waals surface area contributed by atoms with Crippen LogP contribution in [0.3, 0.4) is 0 Å². The number of hydrogen-bond donors (Lipinski definition) is 3. The number of hydrogen-bond acceptors (Lipinski definition) is 3. The molecule has 0 saturated carbocycles. The van der Waals surface area contributed by atoms with E-state index in [0.717, 1.165) is 0 Å². The average Bonchev–Trinajstić information content (AvgIpc) is 2.21. The highest BCUT2D eigenvalue weighted by atomic mass is 14.5. The molecule has 0 aliphatic carbocycles.